The van der Waals surface area contributed by atoms with Gasteiger partial charge in [-0.05, 0) is 19.1 Å². The number of aliphatic imine (C=N–C) groups is 1. The molecule has 0 saturated heterocycles. The number of guanidine groups is 1. The maximum Gasteiger partial charge on any atom is 0.191 e. The van der Waals surface area contributed by atoms with Crippen LogP contribution in [0.1, 0.15) is 12.5 Å². The standard InChI is InChI=1S/C16H23N5O/c1-3-17-16(18-9-10-22-2)19-11-14-12-20-21(13-14)15-7-5-4-6-8-15/h4-8,12-13H,3,9-11H2,1-2H3,(H2,17,18,19). The zero-order chi connectivity index (χ0) is 15.6. The van der Waals surface area contributed by atoms with Crippen molar-refractivity contribution in [2.45, 2.75) is 13.5 Å². The summed E-state index contributed by atoms with van der Waals surface area (Å²) >= 11 is 0. The molecular formula is C16H23N5O. The Morgan fingerprint density at radius 2 is 2.09 bits per heavy atom. The molecule has 1 heterocycles. The minimum Gasteiger partial charge on any atom is -0.383 e. The lowest BCUT2D eigenvalue weighted by Gasteiger charge is -2.10. The molecule has 1 aromatic heterocycles. The van der Waals surface area contributed by atoms with Gasteiger partial charge in [-0.25, -0.2) is 9.67 Å². The lowest BCUT2D eigenvalue weighted by Crippen LogP contribution is -2.38. The molecule has 0 aliphatic heterocycles. The summed E-state index contributed by atoms with van der Waals surface area (Å²) in [5.74, 6) is 0.784. The van der Waals surface area contributed by atoms with Gasteiger partial charge in [0.1, 0.15) is 0 Å². The summed E-state index contributed by atoms with van der Waals surface area (Å²) in [5, 5.41) is 10.8. The third-order valence-corrected chi connectivity index (χ3v) is 3.02. The van der Waals surface area contributed by atoms with E-state index in [1.165, 1.54) is 0 Å². The normalized spacial score (nSPS) is 11.5. The van der Waals surface area contributed by atoms with E-state index in [1.807, 2.05) is 54.3 Å². The second kappa shape index (κ2) is 8.84. The molecule has 6 nitrogen and oxygen atoms in total. The molecule has 0 fully saturated rings. The van der Waals surface area contributed by atoms with Crippen molar-refractivity contribution < 1.29 is 4.74 Å². The monoisotopic (exact) mass is 301 g/mol. The first-order valence-corrected chi connectivity index (χ1v) is 7.43. The van der Waals surface area contributed by atoms with Gasteiger partial charge in [-0.1, -0.05) is 18.2 Å². The summed E-state index contributed by atoms with van der Waals surface area (Å²) in [4.78, 5) is 4.55. The predicted molar refractivity (Wildman–Crippen MR) is 88.3 cm³/mol. The molecule has 118 valence electrons. The van der Waals surface area contributed by atoms with E-state index >= 15 is 0 Å². The van der Waals surface area contributed by atoms with Crippen LogP contribution in [-0.4, -0.2) is 42.5 Å². The number of ether oxygens (including phenoxy) is 1. The van der Waals surface area contributed by atoms with E-state index in [1.54, 1.807) is 7.11 Å². The lowest BCUT2D eigenvalue weighted by atomic mass is 10.3. The molecule has 0 unspecified atom stereocenters. The summed E-state index contributed by atoms with van der Waals surface area (Å²) in [6.45, 7) is 4.82. The van der Waals surface area contributed by atoms with Crippen LogP contribution < -0.4 is 10.6 Å². The average molecular weight is 301 g/mol. The van der Waals surface area contributed by atoms with Gasteiger partial charge in [0.2, 0.25) is 0 Å². The fourth-order valence-corrected chi connectivity index (χ4v) is 1.95. The van der Waals surface area contributed by atoms with Gasteiger partial charge in [0.25, 0.3) is 0 Å². The van der Waals surface area contributed by atoms with Crippen molar-refractivity contribution in [2.24, 2.45) is 4.99 Å². The number of nitrogens with one attached hydrogen (secondary N) is 2. The third kappa shape index (κ3) is 4.89. The Hall–Kier alpha value is -2.34. The molecule has 0 atom stereocenters. The predicted octanol–water partition coefficient (Wildman–Crippen LogP) is 1.57. The van der Waals surface area contributed by atoms with Crippen LogP contribution in [0, 0.1) is 0 Å². The van der Waals surface area contributed by atoms with Crippen LogP contribution in [0.2, 0.25) is 0 Å². The zero-order valence-corrected chi connectivity index (χ0v) is 13.1. The highest BCUT2D eigenvalue weighted by molar-refractivity contribution is 5.79. The fraction of sp³-hybridized carbons (Fsp3) is 0.375. The molecule has 2 rings (SSSR count). The minimum atomic E-state index is 0.579. The number of nitrogens with zero attached hydrogens (tertiary/aromatic N) is 3. The topological polar surface area (TPSA) is 63.5 Å². The van der Waals surface area contributed by atoms with Gasteiger partial charge in [-0.2, -0.15) is 5.10 Å². The Morgan fingerprint density at radius 3 is 2.82 bits per heavy atom. The van der Waals surface area contributed by atoms with Gasteiger partial charge >= 0.3 is 0 Å². The van der Waals surface area contributed by atoms with E-state index in [9.17, 15) is 0 Å². The highest BCUT2D eigenvalue weighted by atomic mass is 16.5. The van der Waals surface area contributed by atoms with Crippen molar-refractivity contribution >= 4 is 5.96 Å². The maximum atomic E-state index is 5.03. The van der Waals surface area contributed by atoms with Crippen LogP contribution in [-0.2, 0) is 11.3 Å². The Morgan fingerprint density at radius 1 is 1.27 bits per heavy atom. The van der Waals surface area contributed by atoms with Crippen molar-refractivity contribution in [3.05, 3.63) is 48.3 Å². The number of methoxy groups -OCH3 is 1. The molecule has 0 aliphatic rings. The molecule has 1 aromatic carbocycles. The van der Waals surface area contributed by atoms with Crippen LogP contribution in [0.25, 0.3) is 5.69 Å². The first-order valence-electron chi connectivity index (χ1n) is 7.43. The molecule has 22 heavy (non-hydrogen) atoms. The Kier molecular flexibility index (Phi) is 6.44. The second-order valence-electron chi connectivity index (χ2n) is 4.74. The van der Waals surface area contributed by atoms with Gasteiger partial charge in [-0.3, -0.25) is 0 Å². The summed E-state index contributed by atoms with van der Waals surface area (Å²) in [5.41, 5.74) is 2.11. The molecule has 0 radical (unpaired) electrons. The minimum absolute atomic E-state index is 0.579. The molecule has 2 N–H and O–H groups in total. The molecule has 0 saturated carbocycles. The van der Waals surface area contributed by atoms with Gasteiger partial charge in [0.05, 0.1) is 25.0 Å². The quantitative estimate of drug-likeness (QED) is 0.463. The summed E-state index contributed by atoms with van der Waals surface area (Å²) < 4.78 is 6.88. The van der Waals surface area contributed by atoms with Crippen LogP contribution >= 0.6 is 0 Å². The van der Waals surface area contributed by atoms with Gasteiger partial charge < -0.3 is 15.4 Å². The molecule has 6 heteroatoms. The largest absolute Gasteiger partial charge is 0.383 e. The fourth-order valence-electron chi connectivity index (χ4n) is 1.95. The van der Waals surface area contributed by atoms with E-state index < -0.39 is 0 Å². The van der Waals surface area contributed by atoms with E-state index in [4.69, 9.17) is 4.74 Å². The number of aromatic nitrogens is 2. The first-order chi connectivity index (χ1) is 10.8. The molecule has 0 bridgehead atoms. The van der Waals surface area contributed by atoms with E-state index in [0.717, 1.165) is 30.3 Å². The summed E-state index contributed by atoms with van der Waals surface area (Å²) in [6, 6.07) is 10.0. The van der Waals surface area contributed by atoms with Crippen LogP contribution in [0.5, 0.6) is 0 Å². The Bertz CT molecular complexity index is 579. The van der Waals surface area contributed by atoms with Crippen molar-refractivity contribution in [1.82, 2.24) is 20.4 Å². The van der Waals surface area contributed by atoms with Crippen LogP contribution in [0.4, 0.5) is 0 Å². The zero-order valence-electron chi connectivity index (χ0n) is 13.1. The highest BCUT2D eigenvalue weighted by Crippen LogP contribution is 2.08. The van der Waals surface area contributed by atoms with Crippen molar-refractivity contribution in [3.63, 3.8) is 0 Å². The molecule has 2 aromatic rings. The molecule has 0 aliphatic carbocycles. The average Bonchev–Trinajstić information content (AvgIpc) is 3.03. The second-order valence-corrected chi connectivity index (χ2v) is 4.74. The van der Waals surface area contributed by atoms with Crippen molar-refractivity contribution in [3.8, 4) is 5.69 Å². The number of benzene rings is 1. The SMILES string of the molecule is CCNC(=NCc1cnn(-c2ccccc2)c1)NCCOC. The van der Waals surface area contributed by atoms with E-state index in [2.05, 4.69) is 20.7 Å². The molecular weight excluding hydrogens is 278 g/mol. The van der Waals surface area contributed by atoms with Gasteiger partial charge in [0, 0.05) is 32.0 Å². The smallest absolute Gasteiger partial charge is 0.191 e. The van der Waals surface area contributed by atoms with E-state index in [0.29, 0.717) is 13.2 Å². The van der Waals surface area contributed by atoms with Crippen LogP contribution in [0.15, 0.2) is 47.7 Å². The van der Waals surface area contributed by atoms with Gasteiger partial charge in [-0.15, -0.1) is 0 Å². The van der Waals surface area contributed by atoms with E-state index in [-0.39, 0.29) is 0 Å². The third-order valence-electron chi connectivity index (χ3n) is 3.02. The van der Waals surface area contributed by atoms with Crippen molar-refractivity contribution in [1.29, 1.82) is 0 Å². The Balaban J connectivity index is 1.97. The summed E-state index contributed by atoms with van der Waals surface area (Å²) in [6.07, 6.45) is 3.84. The lowest BCUT2D eigenvalue weighted by molar-refractivity contribution is 0.203. The van der Waals surface area contributed by atoms with Gasteiger partial charge in [0.15, 0.2) is 5.96 Å². The number of rotatable bonds is 7. The number of hydrogen-bond donors (Lipinski definition) is 2. The van der Waals surface area contributed by atoms with Crippen molar-refractivity contribution in [2.75, 3.05) is 26.8 Å². The maximum absolute atomic E-state index is 5.03. The molecule has 0 spiro atoms. The van der Waals surface area contributed by atoms with Crippen LogP contribution in [0.3, 0.4) is 0 Å². The number of hydrogen-bond acceptors (Lipinski definition) is 3. The summed E-state index contributed by atoms with van der Waals surface area (Å²) in [7, 11) is 1.68. The highest BCUT2D eigenvalue weighted by Gasteiger charge is 2.01. The molecule has 0 amide bonds. The first kappa shape index (κ1) is 16.0. The number of para-hydroxylation sites is 1. The Labute approximate surface area is 131 Å².